The highest BCUT2D eigenvalue weighted by Crippen LogP contribution is 2.21. The highest BCUT2D eigenvalue weighted by molar-refractivity contribution is 7.91. The van der Waals surface area contributed by atoms with Gasteiger partial charge in [-0.1, -0.05) is 31.2 Å². The molecule has 0 saturated carbocycles. The lowest BCUT2D eigenvalue weighted by atomic mass is 10.1. The number of aliphatic hydroxyl groups is 1. The van der Waals surface area contributed by atoms with Crippen molar-refractivity contribution in [2.24, 2.45) is 0 Å². The maximum Gasteiger partial charge on any atom is 0.250 e. The fourth-order valence-electron chi connectivity index (χ4n) is 1.91. The van der Waals surface area contributed by atoms with E-state index in [0.717, 1.165) is 28.9 Å². The first-order valence-corrected chi connectivity index (χ1v) is 8.63. The molecule has 0 radical (unpaired) electrons. The summed E-state index contributed by atoms with van der Waals surface area (Å²) in [5.74, 6) is 0. The van der Waals surface area contributed by atoms with Crippen molar-refractivity contribution in [3.63, 3.8) is 0 Å². The van der Waals surface area contributed by atoms with E-state index in [4.69, 9.17) is 5.11 Å². The summed E-state index contributed by atoms with van der Waals surface area (Å²) in [5.41, 5.74) is 2.12. The molecule has 4 nitrogen and oxygen atoms in total. The Bertz CT molecular complexity index is 677. The summed E-state index contributed by atoms with van der Waals surface area (Å²) in [4.78, 5) is 0.638. The fourth-order valence-corrected chi connectivity index (χ4v) is 4.17. The maximum atomic E-state index is 12.2. The van der Waals surface area contributed by atoms with E-state index in [-0.39, 0.29) is 17.4 Å². The lowest BCUT2D eigenvalue weighted by Gasteiger charge is -2.09. The van der Waals surface area contributed by atoms with E-state index in [2.05, 4.69) is 4.72 Å². The predicted molar refractivity (Wildman–Crippen MR) is 80.1 cm³/mol. The van der Waals surface area contributed by atoms with E-state index in [9.17, 15) is 8.42 Å². The number of thiophene rings is 1. The van der Waals surface area contributed by atoms with Crippen LogP contribution in [0, 0.1) is 0 Å². The minimum Gasteiger partial charge on any atom is -0.391 e. The third kappa shape index (κ3) is 3.46. The minimum absolute atomic E-state index is 0.140. The van der Waals surface area contributed by atoms with Gasteiger partial charge in [-0.3, -0.25) is 0 Å². The molecule has 0 saturated heterocycles. The maximum absolute atomic E-state index is 12.2. The van der Waals surface area contributed by atoms with Crippen LogP contribution in [0.2, 0.25) is 0 Å². The van der Waals surface area contributed by atoms with Crippen LogP contribution >= 0.6 is 11.3 Å². The number of rotatable bonds is 6. The van der Waals surface area contributed by atoms with E-state index in [1.54, 1.807) is 6.07 Å². The molecular formula is C14H17NO3S2. The predicted octanol–water partition coefficient (Wildman–Crippen LogP) is 2.28. The Balaban J connectivity index is 2.13. The lowest BCUT2D eigenvalue weighted by Crippen LogP contribution is -2.22. The molecule has 0 aliphatic carbocycles. The third-order valence-electron chi connectivity index (χ3n) is 3.01. The van der Waals surface area contributed by atoms with Gasteiger partial charge >= 0.3 is 0 Å². The van der Waals surface area contributed by atoms with Crippen molar-refractivity contribution >= 4 is 21.4 Å². The van der Waals surface area contributed by atoms with Crippen molar-refractivity contribution in [1.29, 1.82) is 0 Å². The number of sulfonamides is 1. The van der Waals surface area contributed by atoms with Gasteiger partial charge in [-0.15, -0.1) is 11.3 Å². The molecule has 0 atom stereocenters. The van der Waals surface area contributed by atoms with Crippen LogP contribution in [-0.2, 0) is 29.6 Å². The first-order valence-electron chi connectivity index (χ1n) is 6.33. The zero-order valence-corrected chi connectivity index (χ0v) is 12.8. The molecule has 0 aliphatic rings. The van der Waals surface area contributed by atoms with E-state index in [1.807, 2.05) is 31.2 Å². The van der Waals surface area contributed by atoms with Crippen molar-refractivity contribution in [1.82, 2.24) is 4.72 Å². The lowest BCUT2D eigenvalue weighted by molar-refractivity contribution is 0.285. The van der Waals surface area contributed by atoms with Gasteiger partial charge in [0, 0.05) is 11.4 Å². The zero-order valence-electron chi connectivity index (χ0n) is 11.2. The van der Waals surface area contributed by atoms with Gasteiger partial charge in [-0.25, -0.2) is 13.1 Å². The molecule has 108 valence electrons. The van der Waals surface area contributed by atoms with Crippen molar-refractivity contribution in [2.75, 3.05) is 0 Å². The van der Waals surface area contributed by atoms with Gasteiger partial charge < -0.3 is 5.11 Å². The molecule has 0 aliphatic heterocycles. The smallest absolute Gasteiger partial charge is 0.250 e. The highest BCUT2D eigenvalue weighted by Gasteiger charge is 2.16. The average Bonchev–Trinajstić information content (AvgIpc) is 2.95. The Morgan fingerprint density at radius 2 is 1.85 bits per heavy atom. The van der Waals surface area contributed by atoms with Gasteiger partial charge in [0.05, 0.1) is 6.61 Å². The summed E-state index contributed by atoms with van der Waals surface area (Å²) in [7, 11) is -3.52. The van der Waals surface area contributed by atoms with Crippen LogP contribution in [0.3, 0.4) is 0 Å². The molecule has 2 aromatic rings. The molecule has 6 heteroatoms. The van der Waals surface area contributed by atoms with Crippen LogP contribution in [-0.4, -0.2) is 13.5 Å². The monoisotopic (exact) mass is 311 g/mol. The first-order chi connectivity index (χ1) is 9.56. The topological polar surface area (TPSA) is 66.4 Å². The van der Waals surface area contributed by atoms with Crippen LogP contribution in [0.25, 0.3) is 0 Å². The number of nitrogens with one attached hydrogen (secondary N) is 1. The second kappa shape index (κ2) is 6.49. The van der Waals surface area contributed by atoms with E-state index in [0.29, 0.717) is 4.88 Å². The largest absolute Gasteiger partial charge is 0.391 e. The van der Waals surface area contributed by atoms with Gasteiger partial charge in [0.2, 0.25) is 10.0 Å². The highest BCUT2D eigenvalue weighted by atomic mass is 32.2. The summed E-state index contributed by atoms with van der Waals surface area (Å²) < 4.78 is 27.1. The molecule has 0 unspecified atom stereocenters. The Hall–Kier alpha value is -1.21. The Kier molecular flexibility index (Phi) is 4.93. The van der Waals surface area contributed by atoms with Crippen molar-refractivity contribution in [3.8, 4) is 0 Å². The summed E-state index contributed by atoms with van der Waals surface area (Å²) in [6.45, 7) is 2.18. The summed E-state index contributed by atoms with van der Waals surface area (Å²) in [5, 5.41) is 8.99. The van der Waals surface area contributed by atoms with E-state index < -0.39 is 10.0 Å². The van der Waals surface area contributed by atoms with Gasteiger partial charge in [0.15, 0.2) is 0 Å². The van der Waals surface area contributed by atoms with Crippen LogP contribution in [0.1, 0.15) is 22.9 Å². The summed E-state index contributed by atoms with van der Waals surface area (Å²) in [6.07, 6.45) is 0.867. The molecule has 0 fully saturated rings. The number of aryl methyl sites for hydroxylation is 1. The van der Waals surface area contributed by atoms with Crippen molar-refractivity contribution in [3.05, 3.63) is 52.4 Å². The van der Waals surface area contributed by atoms with Crippen molar-refractivity contribution in [2.45, 2.75) is 30.7 Å². The SMILES string of the molecule is CCc1ccccc1CNS(=O)(=O)c1ccc(CO)s1. The number of benzene rings is 1. The van der Waals surface area contributed by atoms with Crippen molar-refractivity contribution < 1.29 is 13.5 Å². The second-order valence-electron chi connectivity index (χ2n) is 4.33. The third-order valence-corrected chi connectivity index (χ3v) is 5.97. The van der Waals surface area contributed by atoms with E-state index >= 15 is 0 Å². The Labute approximate surface area is 123 Å². The van der Waals surface area contributed by atoms with E-state index in [1.165, 1.54) is 6.07 Å². The van der Waals surface area contributed by atoms with Crippen LogP contribution in [0.5, 0.6) is 0 Å². The number of aliphatic hydroxyl groups excluding tert-OH is 1. The van der Waals surface area contributed by atoms with Gasteiger partial charge in [-0.2, -0.15) is 0 Å². The van der Waals surface area contributed by atoms with Crippen LogP contribution < -0.4 is 4.72 Å². The molecule has 0 spiro atoms. The molecule has 2 N–H and O–H groups in total. The molecule has 1 aromatic heterocycles. The second-order valence-corrected chi connectivity index (χ2v) is 7.49. The first kappa shape index (κ1) is 15.2. The molecule has 0 amide bonds. The number of hydrogen-bond donors (Lipinski definition) is 2. The average molecular weight is 311 g/mol. The van der Waals surface area contributed by atoms with Gasteiger partial charge in [0.1, 0.15) is 4.21 Å². The van der Waals surface area contributed by atoms with Crippen LogP contribution in [0.15, 0.2) is 40.6 Å². The quantitative estimate of drug-likeness (QED) is 0.860. The standard InChI is InChI=1S/C14H17NO3S2/c1-2-11-5-3-4-6-12(11)9-15-20(17,18)14-8-7-13(10-16)19-14/h3-8,15-16H,2,9-10H2,1H3. The minimum atomic E-state index is -3.52. The molecule has 1 aromatic carbocycles. The molecule has 2 rings (SSSR count). The molecule has 1 heterocycles. The van der Waals surface area contributed by atoms with Crippen LogP contribution in [0.4, 0.5) is 0 Å². The normalized spacial score (nSPS) is 11.7. The zero-order chi connectivity index (χ0) is 14.6. The Morgan fingerprint density at radius 1 is 1.15 bits per heavy atom. The Morgan fingerprint density at radius 3 is 2.45 bits per heavy atom. The molecule has 0 bridgehead atoms. The van der Waals surface area contributed by atoms with Gasteiger partial charge in [-0.05, 0) is 29.7 Å². The van der Waals surface area contributed by atoms with Gasteiger partial charge in [0.25, 0.3) is 0 Å². The molecular weight excluding hydrogens is 294 g/mol. The molecule has 20 heavy (non-hydrogen) atoms. The summed E-state index contributed by atoms with van der Waals surface area (Å²) in [6, 6.07) is 10.9. The summed E-state index contributed by atoms with van der Waals surface area (Å²) >= 11 is 1.08. The number of hydrogen-bond acceptors (Lipinski definition) is 4. The fraction of sp³-hybridized carbons (Fsp3) is 0.286.